The second-order valence-corrected chi connectivity index (χ2v) is 2.90. The molecule has 2 nitrogen and oxygen atoms in total. The van der Waals surface area contributed by atoms with Crippen LogP contribution in [0.4, 0.5) is 8.78 Å². The molecule has 1 N–H and O–H groups in total. The molecular weight excluding hydrogens is 190 g/mol. The second-order valence-electron chi connectivity index (χ2n) is 2.90. The SMILES string of the molecule is C[C@@H](O)c1cc(F)ccc1OCCF. The van der Waals surface area contributed by atoms with E-state index in [9.17, 15) is 13.9 Å². The minimum atomic E-state index is -0.833. The highest BCUT2D eigenvalue weighted by molar-refractivity contribution is 5.35. The third-order valence-corrected chi connectivity index (χ3v) is 1.76. The van der Waals surface area contributed by atoms with Crippen LogP contribution in [0, 0.1) is 5.82 Å². The topological polar surface area (TPSA) is 29.5 Å². The molecule has 1 atom stereocenters. The zero-order valence-corrected chi connectivity index (χ0v) is 7.84. The lowest BCUT2D eigenvalue weighted by Gasteiger charge is -2.12. The van der Waals surface area contributed by atoms with Crippen LogP contribution in [0.1, 0.15) is 18.6 Å². The Morgan fingerprint density at radius 3 is 2.79 bits per heavy atom. The Hall–Kier alpha value is -1.16. The molecule has 0 aliphatic heterocycles. The number of hydrogen-bond acceptors (Lipinski definition) is 2. The summed E-state index contributed by atoms with van der Waals surface area (Å²) in [6.07, 6.45) is -0.833. The van der Waals surface area contributed by atoms with Crippen molar-refractivity contribution in [1.29, 1.82) is 0 Å². The van der Waals surface area contributed by atoms with Crippen molar-refractivity contribution in [2.45, 2.75) is 13.0 Å². The molecule has 0 bridgehead atoms. The average molecular weight is 202 g/mol. The summed E-state index contributed by atoms with van der Waals surface area (Å²) in [5.41, 5.74) is 0.332. The van der Waals surface area contributed by atoms with E-state index in [0.717, 1.165) is 0 Å². The maximum atomic E-state index is 12.8. The highest BCUT2D eigenvalue weighted by Crippen LogP contribution is 2.25. The minimum Gasteiger partial charge on any atom is -0.490 e. The average Bonchev–Trinajstić information content (AvgIpc) is 2.15. The molecule has 0 unspecified atom stereocenters. The second kappa shape index (κ2) is 4.91. The van der Waals surface area contributed by atoms with Gasteiger partial charge >= 0.3 is 0 Å². The first-order valence-corrected chi connectivity index (χ1v) is 4.31. The number of aliphatic hydroxyl groups excluding tert-OH is 1. The van der Waals surface area contributed by atoms with E-state index < -0.39 is 18.6 Å². The van der Waals surface area contributed by atoms with Gasteiger partial charge in [-0.25, -0.2) is 8.78 Å². The van der Waals surface area contributed by atoms with Gasteiger partial charge in [-0.05, 0) is 25.1 Å². The molecule has 0 aromatic heterocycles. The molecule has 1 rings (SSSR count). The van der Waals surface area contributed by atoms with E-state index in [1.54, 1.807) is 0 Å². The number of aliphatic hydroxyl groups is 1. The molecule has 0 amide bonds. The number of halogens is 2. The van der Waals surface area contributed by atoms with Crippen LogP contribution < -0.4 is 4.74 Å². The molecule has 0 aliphatic rings. The van der Waals surface area contributed by atoms with Gasteiger partial charge in [-0.2, -0.15) is 0 Å². The third-order valence-electron chi connectivity index (χ3n) is 1.76. The largest absolute Gasteiger partial charge is 0.490 e. The zero-order chi connectivity index (χ0) is 10.6. The zero-order valence-electron chi connectivity index (χ0n) is 7.84. The molecule has 0 aliphatic carbocycles. The normalized spacial score (nSPS) is 12.6. The quantitative estimate of drug-likeness (QED) is 0.811. The summed E-state index contributed by atoms with van der Waals surface area (Å²) in [6.45, 7) is 0.791. The highest BCUT2D eigenvalue weighted by Gasteiger charge is 2.10. The summed E-state index contributed by atoms with van der Waals surface area (Å²) < 4.78 is 29.6. The van der Waals surface area contributed by atoms with Gasteiger partial charge < -0.3 is 9.84 Å². The van der Waals surface area contributed by atoms with Gasteiger partial charge in [-0.3, -0.25) is 0 Å². The Bertz CT molecular complexity index is 300. The van der Waals surface area contributed by atoms with Crippen LogP contribution in [0.2, 0.25) is 0 Å². The van der Waals surface area contributed by atoms with Crippen molar-refractivity contribution in [2.75, 3.05) is 13.3 Å². The maximum absolute atomic E-state index is 12.8. The summed E-state index contributed by atoms with van der Waals surface area (Å²) in [5.74, 6) is -0.132. The van der Waals surface area contributed by atoms with Gasteiger partial charge in [0.2, 0.25) is 0 Å². The van der Waals surface area contributed by atoms with Crippen LogP contribution >= 0.6 is 0 Å². The number of rotatable bonds is 4. The molecule has 0 saturated carbocycles. The van der Waals surface area contributed by atoms with E-state index in [4.69, 9.17) is 4.74 Å². The van der Waals surface area contributed by atoms with Crippen molar-refractivity contribution < 1.29 is 18.6 Å². The summed E-state index contributed by atoms with van der Waals surface area (Å²) in [7, 11) is 0. The molecule has 0 radical (unpaired) electrons. The summed E-state index contributed by atoms with van der Waals surface area (Å²) in [5, 5.41) is 9.29. The Morgan fingerprint density at radius 2 is 2.21 bits per heavy atom. The predicted octanol–water partition coefficient (Wildman–Crippen LogP) is 2.23. The lowest BCUT2D eigenvalue weighted by molar-refractivity contribution is 0.188. The van der Waals surface area contributed by atoms with Gasteiger partial charge in [0.25, 0.3) is 0 Å². The van der Waals surface area contributed by atoms with Gasteiger partial charge in [-0.15, -0.1) is 0 Å². The lowest BCUT2D eigenvalue weighted by Crippen LogP contribution is -2.03. The van der Waals surface area contributed by atoms with Gasteiger partial charge in [0.15, 0.2) is 0 Å². The lowest BCUT2D eigenvalue weighted by atomic mass is 10.1. The first-order chi connectivity index (χ1) is 6.65. The minimum absolute atomic E-state index is 0.0919. The molecule has 0 spiro atoms. The molecule has 0 heterocycles. The monoisotopic (exact) mass is 202 g/mol. The fraction of sp³-hybridized carbons (Fsp3) is 0.400. The maximum Gasteiger partial charge on any atom is 0.125 e. The van der Waals surface area contributed by atoms with E-state index in [0.29, 0.717) is 11.3 Å². The Morgan fingerprint density at radius 1 is 1.50 bits per heavy atom. The molecule has 14 heavy (non-hydrogen) atoms. The third kappa shape index (κ3) is 2.67. The molecule has 0 fully saturated rings. The van der Waals surface area contributed by atoms with Crippen molar-refractivity contribution >= 4 is 0 Å². The highest BCUT2D eigenvalue weighted by atomic mass is 19.1. The molecule has 78 valence electrons. The number of alkyl halides is 1. The van der Waals surface area contributed by atoms with E-state index in [1.165, 1.54) is 25.1 Å². The van der Waals surface area contributed by atoms with Crippen molar-refractivity contribution in [1.82, 2.24) is 0 Å². The van der Waals surface area contributed by atoms with Crippen LogP contribution in [0.15, 0.2) is 18.2 Å². The Labute approximate surface area is 81.1 Å². The van der Waals surface area contributed by atoms with Crippen molar-refractivity contribution in [2.24, 2.45) is 0 Å². The van der Waals surface area contributed by atoms with E-state index >= 15 is 0 Å². The molecular formula is C10H12F2O2. The van der Waals surface area contributed by atoms with Gasteiger partial charge in [0.05, 0.1) is 6.10 Å². The van der Waals surface area contributed by atoms with Crippen molar-refractivity contribution in [3.05, 3.63) is 29.6 Å². The molecule has 0 saturated heterocycles. The first kappa shape index (κ1) is 10.9. The van der Waals surface area contributed by atoms with Gasteiger partial charge in [-0.1, -0.05) is 0 Å². The van der Waals surface area contributed by atoms with E-state index in [-0.39, 0.29) is 6.61 Å². The fourth-order valence-electron chi connectivity index (χ4n) is 1.13. The van der Waals surface area contributed by atoms with E-state index in [1.807, 2.05) is 0 Å². The summed E-state index contributed by atoms with van der Waals surface area (Å²) in [4.78, 5) is 0. The van der Waals surface area contributed by atoms with Gasteiger partial charge in [0, 0.05) is 5.56 Å². The van der Waals surface area contributed by atoms with Crippen molar-refractivity contribution in [3.8, 4) is 5.75 Å². The molecule has 1 aromatic carbocycles. The Balaban J connectivity index is 2.90. The number of hydrogen-bond donors (Lipinski definition) is 1. The fourth-order valence-corrected chi connectivity index (χ4v) is 1.13. The smallest absolute Gasteiger partial charge is 0.125 e. The number of benzene rings is 1. The summed E-state index contributed by atoms with van der Waals surface area (Å²) >= 11 is 0. The van der Waals surface area contributed by atoms with Gasteiger partial charge in [0.1, 0.15) is 24.8 Å². The standard InChI is InChI=1S/C10H12F2O2/c1-7(13)9-6-8(12)2-3-10(9)14-5-4-11/h2-3,6-7,13H,4-5H2,1H3/t7-/m1/s1. The van der Waals surface area contributed by atoms with Crippen molar-refractivity contribution in [3.63, 3.8) is 0 Å². The number of ether oxygens (including phenoxy) is 1. The summed E-state index contributed by atoms with van der Waals surface area (Å²) in [6, 6.07) is 3.77. The molecule has 4 heteroatoms. The molecule has 1 aromatic rings. The van der Waals surface area contributed by atoms with Crippen LogP contribution in [-0.2, 0) is 0 Å². The van der Waals surface area contributed by atoms with Crippen LogP contribution in [0.25, 0.3) is 0 Å². The van der Waals surface area contributed by atoms with Crippen LogP contribution in [0.5, 0.6) is 5.75 Å². The van der Waals surface area contributed by atoms with E-state index in [2.05, 4.69) is 0 Å². The Kier molecular flexibility index (Phi) is 3.83. The van der Waals surface area contributed by atoms with Crippen LogP contribution in [-0.4, -0.2) is 18.4 Å². The first-order valence-electron chi connectivity index (χ1n) is 4.31. The van der Waals surface area contributed by atoms with Crippen LogP contribution in [0.3, 0.4) is 0 Å². The predicted molar refractivity (Wildman–Crippen MR) is 48.5 cm³/mol.